The zero-order valence-electron chi connectivity index (χ0n) is 12.6. The Morgan fingerprint density at radius 1 is 1.33 bits per heavy atom. The molecular weight excluding hydrogens is 289 g/mol. The van der Waals surface area contributed by atoms with Crippen LogP contribution in [0.1, 0.15) is 26.2 Å². The van der Waals surface area contributed by atoms with Crippen LogP contribution in [0, 0.1) is 5.92 Å². The lowest BCUT2D eigenvalue weighted by atomic mass is 10.0. The molecule has 0 aromatic carbocycles. The third-order valence-corrected chi connectivity index (χ3v) is 3.12. The van der Waals surface area contributed by atoms with Crippen LogP contribution in [-0.2, 0) is 9.59 Å². The monoisotopic (exact) mass is 312 g/mol. The van der Waals surface area contributed by atoms with E-state index >= 15 is 0 Å². The lowest BCUT2D eigenvalue weighted by Gasteiger charge is -2.30. The molecular formula is C13H23F3N2O3. The molecule has 1 heterocycles. The van der Waals surface area contributed by atoms with Crippen LogP contribution in [0.5, 0.6) is 0 Å². The molecule has 1 amide bonds. The van der Waals surface area contributed by atoms with E-state index in [0.717, 1.165) is 12.5 Å². The molecule has 0 saturated carbocycles. The van der Waals surface area contributed by atoms with E-state index in [-0.39, 0.29) is 5.91 Å². The van der Waals surface area contributed by atoms with E-state index in [1.807, 2.05) is 14.1 Å². The smallest absolute Gasteiger partial charge is 0.475 e. The van der Waals surface area contributed by atoms with Gasteiger partial charge in [0, 0.05) is 33.6 Å². The van der Waals surface area contributed by atoms with Crippen molar-refractivity contribution < 1.29 is 27.9 Å². The van der Waals surface area contributed by atoms with Crippen molar-refractivity contribution in [3.8, 4) is 0 Å². The number of carboxylic acid groups (broad SMARTS) is 1. The molecule has 1 aliphatic rings. The summed E-state index contributed by atoms with van der Waals surface area (Å²) in [5, 5.41) is 7.12. The van der Waals surface area contributed by atoms with Crippen molar-refractivity contribution in [2.24, 2.45) is 5.92 Å². The van der Waals surface area contributed by atoms with Crippen LogP contribution in [-0.4, -0.2) is 66.7 Å². The third kappa shape index (κ3) is 9.28. The van der Waals surface area contributed by atoms with Gasteiger partial charge in [-0.25, -0.2) is 4.79 Å². The first-order chi connectivity index (χ1) is 9.54. The number of piperidine rings is 1. The standard InChI is InChI=1S/C11H22N2O.C2HF3O2/c1-10-5-4-7-13(9-10)8-6-11(14)12(2)3;3-2(4,5)1(6)7/h10H,4-9H2,1-3H3;(H,6,7). The fourth-order valence-electron chi connectivity index (χ4n) is 1.97. The van der Waals surface area contributed by atoms with Gasteiger partial charge in [0.05, 0.1) is 0 Å². The SMILES string of the molecule is CC1CCCN(CCC(=O)N(C)C)C1.O=C(O)C(F)(F)F. The van der Waals surface area contributed by atoms with Crippen LogP contribution < -0.4 is 0 Å². The second kappa shape index (κ2) is 8.86. The van der Waals surface area contributed by atoms with Crippen LogP contribution in [0.3, 0.4) is 0 Å². The number of alkyl halides is 3. The maximum atomic E-state index is 11.4. The average Bonchev–Trinajstić information content (AvgIpc) is 2.35. The summed E-state index contributed by atoms with van der Waals surface area (Å²) in [4.78, 5) is 24.3. The number of rotatable bonds is 3. The van der Waals surface area contributed by atoms with Gasteiger partial charge in [-0.15, -0.1) is 0 Å². The molecule has 0 radical (unpaired) electrons. The Hall–Kier alpha value is -1.31. The first kappa shape index (κ1) is 19.7. The van der Waals surface area contributed by atoms with Crippen LogP contribution in [0.15, 0.2) is 0 Å². The topological polar surface area (TPSA) is 60.9 Å². The van der Waals surface area contributed by atoms with E-state index in [0.29, 0.717) is 6.42 Å². The van der Waals surface area contributed by atoms with Gasteiger partial charge in [0.2, 0.25) is 5.91 Å². The van der Waals surface area contributed by atoms with Gasteiger partial charge in [-0.1, -0.05) is 6.92 Å². The molecule has 1 saturated heterocycles. The van der Waals surface area contributed by atoms with E-state index in [2.05, 4.69) is 11.8 Å². The van der Waals surface area contributed by atoms with Gasteiger partial charge >= 0.3 is 12.1 Å². The molecule has 124 valence electrons. The second-order valence-corrected chi connectivity index (χ2v) is 5.39. The summed E-state index contributed by atoms with van der Waals surface area (Å²) in [6.45, 7) is 5.56. The molecule has 0 aromatic rings. The molecule has 1 atom stereocenters. The van der Waals surface area contributed by atoms with Gasteiger partial charge in [0.25, 0.3) is 0 Å². The predicted octanol–water partition coefficient (Wildman–Crippen LogP) is 1.83. The van der Waals surface area contributed by atoms with Gasteiger partial charge in [-0.3, -0.25) is 4.79 Å². The molecule has 0 aromatic heterocycles. The van der Waals surface area contributed by atoms with E-state index in [4.69, 9.17) is 9.90 Å². The number of hydrogen-bond donors (Lipinski definition) is 1. The van der Waals surface area contributed by atoms with Crippen molar-refractivity contribution in [1.82, 2.24) is 9.80 Å². The number of likely N-dealkylation sites (tertiary alicyclic amines) is 1. The third-order valence-electron chi connectivity index (χ3n) is 3.12. The van der Waals surface area contributed by atoms with E-state index in [9.17, 15) is 18.0 Å². The van der Waals surface area contributed by atoms with Gasteiger partial charge in [-0.05, 0) is 25.3 Å². The Labute approximate surface area is 122 Å². The summed E-state index contributed by atoms with van der Waals surface area (Å²) in [5.41, 5.74) is 0. The molecule has 0 aliphatic carbocycles. The van der Waals surface area contributed by atoms with Crippen molar-refractivity contribution in [3.63, 3.8) is 0 Å². The zero-order chi connectivity index (χ0) is 16.6. The minimum atomic E-state index is -5.08. The highest BCUT2D eigenvalue weighted by atomic mass is 19.4. The van der Waals surface area contributed by atoms with E-state index < -0.39 is 12.1 Å². The first-order valence-corrected chi connectivity index (χ1v) is 6.76. The Morgan fingerprint density at radius 3 is 2.24 bits per heavy atom. The lowest BCUT2D eigenvalue weighted by Crippen LogP contribution is -2.37. The number of nitrogens with zero attached hydrogens (tertiary/aromatic N) is 2. The predicted molar refractivity (Wildman–Crippen MR) is 71.8 cm³/mol. The number of carbonyl (C=O) groups is 2. The number of aliphatic carboxylic acids is 1. The Bertz CT molecular complexity index is 346. The van der Waals surface area contributed by atoms with Crippen LogP contribution in [0.2, 0.25) is 0 Å². The summed E-state index contributed by atoms with van der Waals surface area (Å²) in [5.74, 6) is -1.71. The quantitative estimate of drug-likeness (QED) is 0.864. The van der Waals surface area contributed by atoms with Crippen LogP contribution in [0.25, 0.3) is 0 Å². The molecule has 1 aliphatic heterocycles. The number of carboxylic acids is 1. The molecule has 1 unspecified atom stereocenters. The highest BCUT2D eigenvalue weighted by Gasteiger charge is 2.38. The maximum Gasteiger partial charge on any atom is 0.490 e. The maximum absolute atomic E-state index is 11.4. The van der Waals surface area contributed by atoms with Gasteiger partial charge in [0.1, 0.15) is 0 Å². The zero-order valence-corrected chi connectivity index (χ0v) is 12.6. The summed E-state index contributed by atoms with van der Waals surface area (Å²) in [6.07, 6.45) is -1.78. The number of halogens is 3. The number of amides is 1. The summed E-state index contributed by atoms with van der Waals surface area (Å²) >= 11 is 0. The average molecular weight is 312 g/mol. The second-order valence-electron chi connectivity index (χ2n) is 5.39. The molecule has 8 heteroatoms. The van der Waals surface area contributed by atoms with E-state index in [1.165, 1.54) is 25.9 Å². The highest BCUT2D eigenvalue weighted by Crippen LogP contribution is 2.15. The van der Waals surface area contributed by atoms with Crippen LogP contribution in [0.4, 0.5) is 13.2 Å². The fraction of sp³-hybridized carbons (Fsp3) is 0.846. The Balaban J connectivity index is 0.000000486. The van der Waals surface area contributed by atoms with Gasteiger partial charge in [0.15, 0.2) is 0 Å². The molecule has 1 N–H and O–H groups in total. The highest BCUT2D eigenvalue weighted by molar-refractivity contribution is 5.75. The molecule has 0 spiro atoms. The lowest BCUT2D eigenvalue weighted by molar-refractivity contribution is -0.192. The van der Waals surface area contributed by atoms with Crippen molar-refractivity contribution in [2.45, 2.75) is 32.4 Å². The minimum Gasteiger partial charge on any atom is -0.475 e. The van der Waals surface area contributed by atoms with Crippen LogP contribution >= 0.6 is 0 Å². The summed E-state index contributed by atoms with van der Waals surface area (Å²) in [6, 6.07) is 0. The van der Waals surface area contributed by atoms with Crippen molar-refractivity contribution in [1.29, 1.82) is 0 Å². The molecule has 1 rings (SSSR count). The van der Waals surface area contributed by atoms with Gasteiger partial charge in [-0.2, -0.15) is 13.2 Å². The number of hydrogen-bond acceptors (Lipinski definition) is 3. The normalized spacial score (nSPS) is 19.4. The van der Waals surface area contributed by atoms with Crippen molar-refractivity contribution in [2.75, 3.05) is 33.7 Å². The van der Waals surface area contributed by atoms with Gasteiger partial charge < -0.3 is 14.9 Å². The van der Waals surface area contributed by atoms with Crippen molar-refractivity contribution >= 4 is 11.9 Å². The number of carbonyl (C=O) groups excluding carboxylic acids is 1. The van der Waals surface area contributed by atoms with E-state index in [1.54, 1.807) is 4.90 Å². The molecule has 1 fully saturated rings. The summed E-state index contributed by atoms with van der Waals surface area (Å²) in [7, 11) is 3.64. The first-order valence-electron chi connectivity index (χ1n) is 6.76. The molecule has 5 nitrogen and oxygen atoms in total. The minimum absolute atomic E-state index is 0.239. The molecule has 0 bridgehead atoms. The Kier molecular flexibility index (Phi) is 8.31. The Morgan fingerprint density at radius 2 is 1.86 bits per heavy atom. The summed E-state index contributed by atoms with van der Waals surface area (Å²) < 4.78 is 31.7. The molecule has 21 heavy (non-hydrogen) atoms. The largest absolute Gasteiger partial charge is 0.490 e. The van der Waals surface area contributed by atoms with Crippen molar-refractivity contribution in [3.05, 3.63) is 0 Å². The fourth-order valence-corrected chi connectivity index (χ4v) is 1.97.